The van der Waals surface area contributed by atoms with Crippen molar-refractivity contribution in [1.29, 1.82) is 0 Å². The first-order valence-electron chi connectivity index (χ1n) is 8.12. The maximum atomic E-state index is 12.6. The summed E-state index contributed by atoms with van der Waals surface area (Å²) in [4.78, 5) is 17.5. The van der Waals surface area contributed by atoms with Crippen molar-refractivity contribution in [1.82, 2.24) is 14.3 Å². The van der Waals surface area contributed by atoms with Crippen LogP contribution in [0.15, 0.2) is 23.2 Å². The van der Waals surface area contributed by atoms with Crippen molar-refractivity contribution < 1.29 is 4.79 Å². The average Bonchev–Trinajstić information content (AvgIpc) is 3.10. The number of fused-ring (bicyclic) bond motifs is 1. The molecule has 0 aliphatic rings. The van der Waals surface area contributed by atoms with Crippen molar-refractivity contribution in [3.63, 3.8) is 0 Å². The van der Waals surface area contributed by atoms with E-state index in [0.717, 1.165) is 22.5 Å². The molecule has 0 spiro atoms. The number of rotatable bonds is 3. The van der Waals surface area contributed by atoms with Crippen molar-refractivity contribution in [2.75, 3.05) is 0 Å². The molecule has 5 nitrogen and oxygen atoms in total. The molecule has 0 aliphatic heterocycles. The van der Waals surface area contributed by atoms with Gasteiger partial charge in [-0.2, -0.15) is 10.1 Å². The molecule has 0 saturated carbocycles. The van der Waals surface area contributed by atoms with Gasteiger partial charge in [-0.05, 0) is 57.0 Å². The van der Waals surface area contributed by atoms with E-state index in [2.05, 4.69) is 42.0 Å². The highest BCUT2D eigenvalue weighted by atomic mass is 32.1. The molecule has 3 aromatic rings. The van der Waals surface area contributed by atoms with Crippen LogP contribution >= 0.6 is 11.3 Å². The third-order valence-corrected chi connectivity index (χ3v) is 5.29. The molecule has 1 amide bonds. The fourth-order valence-electron chi connectivity index (χ4n) is 2.73. The highest BCUT2D eigenvalue weighted by Gasteiger charge is 2.13. The number of nitrogens with zero attached hydrogens (tertiary/aromatic N) is 4. The molecule has 6 heteroatoms. The zero-order chi connectivity index (χ0) is 18.1. The first-order valence-corrected chi connectivity index (χ1v) is 8.93. The van der Waals surface area contributed by atoms with E-state index in [1.807, 2.05) is 18.4 Å². The lowest BCUT2D eigenvalue weighted by molar-refractivity contribution is 0.0992. The van der Waals surface area contributed by atoms with Crippen LogP contribution in [0.3, 0.4) is 0 Å². The Kier molecular flexibility index (Phi) is 4.60. The Morgan fingerprint density at radius 2 is 2.00 bits per heavy atom. The molecular weight excluding hydrogens is 332 g/mol. The quantitative estimate of drug-likeness (QED) is 0.680. The SMILES string of the molecule is C#CCn1c(=NC(=O)c2cc(C)n(CC)n2)sc2cc(C)c(C)cc21. The Balaban J connectivity index is 2.16. The third-order valence-electron chi connectivity index (χ3n) is 4.24. The Labute approximate surface area is 150 Å². The summed E-state index contributed by atoms with van der Waals surface area (Å²) in [7, 11) is 0. The molecule has 0 unspecified atom stereocenters. The van der Waals surface area contributed by atoms with Gasteiger partial charge in [0, 0.05) is 12.2 Å². The fourth-order valence-corrected chi connectivity index (χ4v) is 3.84. The lowest BCUT2D eigenvalue weighted by atomic mass is 10.1. The van der Waals surface area contributed by atoms with Crippen molar-refractivity contribution in [3.05, 3.63) is 45.5 Å². The van der Waals surface area contributed by atoms with E-state index in [0.29, 0.717) is 17.0 Å². The highest BCUT2D eigenvalue weighted by Crippen LogP contribution is 2.22. The van der Waals surface area contributed by atoms with Gasteiger partial charge >= 0.3 is 0 Å². The Hall–Kier alpha value is -2.65. The van der Waals surface area contributed by atoms with Crippen LogP contribution in [0.1, 0.15) is 34.2 Å². The molecule has 0 bridgehead atoms. The van der Waals surface area contributed by atoms with Crippen molar-refractivity contribution in [2.45, 2.75) is 40.8 Å². The molecule has 128 valence electrons. The van der Waals surface area contributed by atoms with E-state index in [-0.39, 0.29) is 5.91 Å². The van der Waals surface area contributed by atoms with Crippen LogP contribution in [0, 0.1) is 33.1 Å². The molecule has 2 heterocycles. The van der Waals surface area contributed by atoms with Crippen LogP contribution in [0.5, 0.6) is 0 Å². The number of thiazole rings is 1. The van der Waals surface area contributed by atoms with Crippen molar-refractivity contribution in [3.8, 4) is 12.3 Å². The van der Waals surface area contributed by atoms with E-state index in [4.69, 9.17) is 6.42 Å². The number of terminal acetylenes is 1. The van der Waals surface area contributed by atoms with Gasteiger partial charge in [0.15, 0.2) is 10.5 Å². The van der Waals surface area contributed by atoms with Gasteiger partial charge in [-0.3, -0.25) is 9.48 Å². The Morgan fingerprint density at radius 3 is 2.64 bits per heavy atom. The molecule has 3 rings (SSSR count). The van der Waals surface area contributed by atoms with Gasteiger partial charge in [0.05, 0.1) is 16.8 Å². The van der Waals surface area contributed by atoms with Gasteiger partial charge in [0.25, 0.3) is 5.91 Å². The largest absolute Gasteiger partial charge is 0.305 e. The lowest BCUT2D eigenvalue weighted by Gasteiger charge is -2.03. The first kappa shape index (κ1) is 17.2. The van der Waals surface area contributed by atoms with Crippen molar-refractivity contribution in [2.24, 2.45) is 4.99 Å². The average molecular weight is 352 g/mol. The predicted molar refractivity (Wildman–Crippen MR) is 101 cm³/mol. The minimum atomic E-state index is -0.346. The number of carbonyl (C=O) groups is 1. The minimum Gasteiger partial charge on any atom is -0.305 e. The number of benzene rings is 1. The summed E-state index contributed by atoms with van der Waals surface area (Å²) in [6.07, 6.45) is 5.52. The molecule has 2 aromatic heterocycles. The van der Waals surface area contributed by atoms with Crippen LogP contribution in [0.2, 0.25) is 0 Å². The third kappa shape index (κ3) is 3.15. The van der Waals surface area contributed by atoms with E-state index >= 15 is 0 Å². The summed E-state index contributed by atoms with van der Waals surface area (Å²) in [6.45, 7) is 9.14. The highest BCUT2D eigenvalue weighted by molar-refractivity contribution is 7.16. The lowest BCUT2D eigenvalue weighted by Crippen LogP contribution is -2.16. The van der Waals surface area contributed by atoms with Gasteiger partial charge in [0.1, 0.15) is 0 Å². The van der Waals surface area contributed by atoms with E-state index < -0.39 is 0 Å². The summed E-state index contributed by atoms with van der Waals surface area (Å²) in [5.41, 5.74) is 4.70. The molecular formula is C19H20N4OS. The maximum Gasteiger partial charge on any atom is 0.300 e. The van der Waals surface area contributed by atoms with Gasteiger partial charge in [0.2, 0.25) is 0 Å². The van der Waals surface area contributed by atoms with Gasteiger partial charge in [-0.25, -0.2) is 0 Å². The molecule has 25 heavy (non-hydrogen) atoms. The zero-order valence-electron chi connectivity index (χ0n) is 14.8. The number of hydrogen-bond donors (Lipinski definition) is 0. The number of aromatic nitrogens is 3. The summed E-state index contributed by atoms with van der Waals surface area (Å²) < 4.78 is 4.77. The van der Waals surface area contributed by atoms with E-state index in [1.54, 1.807) is 10.7 Å². The first-order chi connectivity index (χ1) is 11.9. The number of hydrogen-bond acceptors (Lipinski definition) is 3. The van der Waals surface area contributed by atoms with Crippen LogP contribution < -0.4 is 4.80 Å². The van der Waals surface area contributed by atoms with Crippen molar-refractivity contribution >= 4 is 27.5 Å². The molecule has 0 fully saturated rings. The summed E-state index contributed by atoms with van der Waals surface area (Å²) in [5.74, 6) is 2.30. The summed E-state index contributed by atoms with van der Waals surface area (Å²) >= 11 is 1.47. The fraction of sp³-hybridized carbons (Fsp3) is 0.316. The Morgan fingerprint density at radius 1 is 1.28 bits per heavy atom. The van der Waals surface area contributed by atoms with Gasteiger partial charge in [-0.15, -0.1) is 6.42 Å². The van der Waals surface area contributed by atoms with Gasteiger partial charge < -0.3 is 4.57 Å². The molecule has 1 aromatic carbocycles. The standard InChI is InChI=1S/C19H20N4OS/c1-6-8-22-16-9-12(3)13(4)10-17(16)25-19(22)20-18(24)15-11-14(5)23(7-2)21-15/h1,9-11H,7-8H2,2-5H3. The van der Waals surface area contributed by atoms with Gasteiger partial charge in [-0.1, -0.05) is 17.3 Å². The predicted octanol–water partition coefficient (Wildman–Crippen LogP) is 3.22. The Bertz CT molecular complexity index is 1080. The molecule has 0 radical (unpaired) electrons. The van der Waals surface area contributed by atoms with Crippen LogP contribution in [-0.2, 0) is 13.1 Å². The molecule has 0 saturated heterocycles. The second kappa shape index (κ2) is 6.69. The second-order valence-corrected chi connectivity index (χ2v) is 6.99. The zero-order valence-corrected chi connectivity index (χ0v) is 15.6. The van der Waals surface area contributed by atoms with E-state index in [9.17, 15) is 4.79 Å². The normalized spacial score (nSPS) is 11.9. The monoisotopic (exact) mass is 352 g/mol. The number of amides is 1. The number of aryl methyl sites for hydroxylation is 4. The van der Waals surface area contributed by atoms with Crippen LogP contribution in [-0.4, -0.2) is 20.3 Å². The van der Waals surface area contributed by atoms with Crippen LogP contribution in [0.25, 0.3) is 10.2 Å². The number of carbonyl (C=O) groups excluding carboxylic acids is 1. The molecule has 0 N–H and O–H groups in total. The molecule has 0 aliphatic carbocycles. The summed E-state index contributed by atoms with van der Waals surface area (Å²) in [6, 6.07) is 5.97. The minimum absolute atomic E-state index is 0.346. The van der Waals surface area contributed by atoms with E-state index in [1.165, 1.54) is 22.5 Å². The molecule has 0 atom stereocenters. The maximum absolute atomic E-state index is 12.6. The smallest absolute Gasteiger partial charge is 0.300 e. The topological polar surface area (TPSA) is 52.2 Å². The summed E-state index contributed by atoms with van der Waals surface area (Å²) in [5, 5.41) is 4.31. The van der Waals surface area contributed by atoms with Crippen LogP contribution in [0.4, 0.5) is 0 Å². The second-order valence-electron chi connectivity index (χ2n) is 5.98.